The Hall–Kier alpha value is -7.75. The van der Waals surface area contributed by atoms with Crippen LogP contribution in [0.3, 0.4) is 0 Å². The van der Waals surface area contributed by atoms with Gasteiger partial charge in [-0.1, -0.05) is 194 Å². The van der Waals surface area contributed by atoms with Crippen LogP contribution in [0, 0.1) is 0 Å². The quantitative estimate of drug-likeness (QED) is 0.160. The topological polar surface area (TPSA) is 38.7 Å². The molecule has 2 heterocycles. The van der Waals surface area contributed by atoms with Gasteiger partial charge in [0.2, 0.25) is 0 Å². The van der Waals surface area contributed by atoms with E-state index in [1.54, 1.807) is 0 Å². The highest BCUT2D eigenvalue weighted by molar-refractivity contribution is 6.19. The third-order valence-electron chi connectivity index (χ3n) is 11.3. The largest absolute Gasteiger partial charge is 0.246 e. The fourth-order valence-corrected chi connectivity index (χ4v) is 8.35. The molecule has 9 aromatic carbocycles. The van der Waals surface area contributed by atoms with Gasteiger partial charge < -0.3 is 0 Å². The second kappa shape index (κ2) is 14.1. The SMILES string of the molecule is c1ccc(-c2nc3c(-c4ccc(-c5cc(-c6ccc7ccccc7c6)nc(-c6ccc7ccccc7c6)n5)cc4)cccc3c3c(-c4ccccc4)cccc23)cc1. The Kier molecular flexibility index (Phi) is 8.15. The molecule has 0 aliphatic carbocycles. The monoisotopic (exact) mass is 737 g/mol. The summed E-state index contributed by atoms with van der Waals surface area (Å²) in [7, 11) is 0. The molecule has 58 heavy (non-hydrogen) atoms. The van der Waals surface area contributed by atoms with Gasteiger partial charge >= 0.3 is 0 Å². The van der Waals surface area contributed by atoms with E-state index in [-0.39, 0.29) is 0 Å². The van der Waals surface area contributed by atoms with Crippen LogP contribution in [0.15, 0.2) is 212 Å². The molecular weight excluding hydrogens is 703 g/mol. The van der Waals surface area contributed by atoms with Gasteiger partial charge in [0.1, 0.15) is 0 Å². The lowest BCUT2D eigenvalue weighted by Crippen LogP contribution is -1.96. The van der Waals surface area contributed by atoms with Crippen LogP contribution in [0.4, 0.5) is 0 Å². The third kappa shape index (κ3) is 5.98. The van der Waals surface area contributed by atoms with Crippen LogP contribution in [0.5, 0.6) is 0 Å². The van der Waals surface area contributed by atoms with Gasteiger partial charge in [-0.15, -0.1) is 0 Å². The predicted octanol–water partition coefficient (Wildman–Crippen LogP) is 14.5. The van der Waals surface area contributed by atoms with Crippen molar-refractivity contribution in [3.05, 3.63) is 212 Å². The Morgan fingerprint density at radius 3 is 1.47 bits per heavy atom. The first-order chi connectivity index (χ1) is 28.7. The number of fused-ring (bicyclic) bond motifs is 5. The molecule has 0 N–H and O–H groups in total. The van der Waals surface area contributed by atoms with Crippen LogP contribution < -0.4 is 0 Å². The number of nitrogens with zero attached hydrogens (tertiary/aromatic N) is 3. The molecule has 0 amide bonds. The highest BCUT2D eigenvalue weighted by Gasteiger charge is 2.18. The molecule has 3 nitrogen and oxygen atoms in total. The van der Waals surface area contributed by atoms with Crippen LogP contribution >= 0.6 is 0 Å². The molecule has 0 aliphatic heterocycles. The van der Waals surface area contributed by atoms with E-state index in [4.69, 9.17) is 15.0 Å². The minimum absolute atomic E-state index is 0.697. The number of rotatable bonds is 6. The number of para-hydroxylation sites is 1. The molecule has 11 aromatic rings. The van der Waals surface area contributed by atoms with Crippen molar-refractivity contribution in [1.82, 2.24) is 15.0 Å². The van der Waals surface area contributed by atoms with Crippen molar-refractivity contribution in [1.29, 1.82) is 0 Å². The van der Waals surface area contributed by atoms with E-state index in [0.29, 0.717) is 5.82 Å². The predicted molar refractivity (Wildman–Crippen MR) is 242 cm³/mol. The zero-order chi connectivity index (χ0) is 38.4. The molecule has 3 heteroatoms. The second-order valence-electron chi connectivity index (χ2n) is 14.8. The summed E-state index contributed by atoms with van der Waals surface area (Å²) in [6, 6.07) is 75.1. The molecule has 2 aromatic heterocycles. The van der Waals surface area contributed by atoms with Gasteiger partial charge in [0.05, 0.1) is 22.6 Å². The third-order valence-corrected chi connectivity index (χ3v) is 11.3. The van der Waals surface area contributed by atoms with Crippen molar-refractivity contribution in [2.24, 2.45) is 0 Å². The zero-order valence-corrected chi connectivity index (χ0v) is 31.5. The van der Waals surface area contributed by atoms with E-state index in [0.717, 1.165) is 72.1 Å². The lowest BCUT2D eigenvalue weighted by molar-refractivity contribution is 1.18. The Bertz CT molecular complexity index is 3220. The minimum atomic E-state index is 0.697. The molecule has 270 valence electrons. The number of hydrogen-bond acceptors (Lipinski definition) is 3. The van der Waals surface area contributed by atoms with Crippen molar-refractivity contribution < 1.29 is 0 Å². The van der Waals surface area contributed by atoms with Gasteiger partial charge in [0.25, 0.3) is 0 Å². The fraction of sp³-hybridized carbons (Fsp3) is 0. The number of benzene rings is 9. The highest BCUT2D eigenvalue weighted by Crippen LogP contribution is 2.41. The van der Waals surface area contributed by atoms with Crippen LogP contribution in [0.25, 0.3) is 111 Å². The van der Waals surface area contributed by atoms with Crippen LogP contribution in [0.1, 0.15) is 0 Å². The van der Waals surface area contributed by atoms with E-state index in [1.807, 2.05) is 0 Å². The Morgan fingerprint density at radius 1 is 0.276 bits per heavy atom. The average Bonchev–Trinajstić information content (AvgIpc) is 3.31. The van der Waals surface area contributed by atoms with Crippen LogP contribution in [0.2, 0.25) is 0 Å². The average molecular weight is 738 g/mol. The molecular formula is C55H35N3. The highest BCUT2D eigenvalue weighted by atomic mass is 14.9. The van der Waals surface area contributed by atoms with Gasteiger partial charge in [-0.3, -0.25) is 0 Å². The van der Waals surface area contributed by atoms with Gasteiger partial charge in [0.15, 0.2) is 5.82 Å². The first-order valence-electron chi connectivity index (χ1n) is 19.7. The fourth-order valence-electron chi connectivity index (χ4n) is 8.35. The smallest absolute Gasteiger partial charge is 0.160 e. The standard InChI is InChI=1S/C55H35N3/c1-3-15-38(16-4-1)46-21-11-23-48-52(46)49-24-12-22-47(54(49)58-53(48)41-17-5-2-6-18-41)39-27-29-40(30-28-39)50-35-51(44-31-25-36-13-7-9-19-42(36)33-44)57-55(56-50)45-32-26-37-14-8-10-20-43(37)34-45/h1-35H. The molecule has 0 saturated carbocycles. The second-order valence-corrected chi connectivity index (χ2v) is 14.8. The molecule has 0 unspecified atom stereocenters. The molecule has 0 radical (unpaired) electrons. The summed E-state index contributed by atoms with van der Waals surface area (Å²) in [6.45, 7) is 0. The van der Waals surface area contributed by atoms with Gasteiger partial charge in [-0.25, -0.2) is 15.0 Å². The van der Waals surface area contributed by atoms with Crippen LogP contribution in [-0.4, -0.2) is 15.0 Å². The normalized spacial score (nSPS) is 11.4. The first kappa shape index (κ1) is 33.6. The molecule has 0 bridgehead atoms. The molecule has 0 fully saturated rings. The van der Waals surface area contributed by atoms with E-state index in [9.17, 15) is 0 Å². The summed E-state index contributed by atoms with van der Waals surface area (Å²) in [5.41, 5.74) is 12.4. The van der Waals surface area contributed by atoms with E-state index < -0.39 is 0 Å². The van der Waals surface area contributed by atoms with Crippen LogP contribution in [-0.2, 0) is 0 Å². The van der Waals surface area contributed by atoms with Crippen molar-refractivity contribution in [2.45, 2.75) is 0 Å². The van der Waals surface area contributed by atoms with Crippen molar-refractivity contribution in [2.75, 3.05) is 0 Å². The summed E-state index contributed by atoms with van der Waals surface area (Å²) in [5, 5.41) is 8.21. The van der Waals surface area contributed by atoms with Gasteiger partial charge in [0, 0.05) is 44.0 Å². The molecule has 0 aliphatic rings. The van der Waals surface area contributed by atoms with Gasteiger partial charge in [-0.05, 0) is 56.4 Å². The molecule has 0 saturated heterocycles. The maximum atomic E-state index is 5.48. The zero-order valence-electron chi connectivity index (χ0n) is 31.5. The van der Waals surface area contributed by atoms with Crippen molar-refractivity contribution in [3.8, 4) is 67.4 Å². The van der Waals surface area contributed by atoms with Crippen molar-refractivity contribution in [3.63, 3.8) is 0 Å². The number of hydrogen-bond donors (Lipinski definition) is 0. The number of aromatic nitrogens is 3. The Morgan fingerprint density at radius 2 is 0.776 bits per heavy atom. The minimum Gasteiger partial charge on any atom is -0.246 e. The molecule has 0 atom stereocenters. The lowest BCUT2D eigenvalue weighted by atomic mass is 9.91. The summed E-state index contributed by atoms with van der Waals surface area (Å²) in [6.07, 6.45) is 0. The van der Waals surface area contributed by atoms with Crippen molar-refractivity contribution >= 4 is 43.2 Å². The maximum absolute atomic E-state index is 5.48. The maximum Gasteiger partial charge on any atom is 0.160 e. The summed E-state index contributed by atoms with van der Waals surface area (Å²) in [5.74, 6) is 0.697. The van der Waals surface area contributed by atoms with E-state index in [2.05, 4.69) is 212 Å². The Labute approximate surface area is 336 Å². The first-order valence-corrected chi connectivity index (χ1v) is 19.7. The lowest BCUT2D eigenvalue weighted by Gasteiger charge is -2.16. The van der Waals surface area contributed by atoms with Gasteiger partial charge in [-0.2, -0.15) is 0 Å². The molecule has 11 rings (SSSR count). The number of pyridine rings is 1. The summed E-state index contributed by atoms with van der Waals surface area (Å²) >= 11 is 0. The van der Waals surface area contributed by atoms with E-state index >= 15 is 0 Å². The van der Waals surface area contributed by atoms with E-state index in [1.165, 1.54) is 32.7 Å². The summed E-state index contributed by atoms with van der Waals surface area (Å²) < 4.78 is 0. The molecule has 0 spiro atoms. The summed E-state index contributed by atoms with van der Waals surface area (Å²) in [4.78, 5) is 15.9. The Balaban J connectivity index is 1.07.